The number of aliphatic imine (C=N–C) groups is 1. The van der Waals surface area contributed by atoms with Crippen LogP contribution in [0.1, 0.15) is 23.6 Å². The fourth-order valence-corrected chi connectivity index (χ4v) is 4.29. The average Bonchev–Trinajstić information content (AvgIpc) is 3.19. The molecule has 0 amide bonds. The van der Waals surface area contributed by atoms with E-state index in [-0.39, 0.29) is 23.9 Å². The molecule has 0 unspecified atom stereocenters. The van der Waals surface area contributed by atoms with Gasteiger partial charge in [-0.05, 0) is 92.4 Å². The molecule has 0 bridgehead atoms. The topological polar surface area (TPSA) is 100 Å². The molecule has 0 aliphatic carbocycles. The number of esters is 1. The summed E-state index contributed by atoms with van der Waals surface area (Å²) in [4.78, 5) is 27.2. The number of hydrogen-bond donors (Lipinski definition) is 0. The van der Waals surface area contributed by atoms with Crippen LogP contribution in [-0.2, 0) is 16.1 Å². The van der Waals surface area contributed by atoms with Crippen LogP contribution in [0.3, 0.4) is 0 Å². The maximum atomic E-state index is 12.4. The normalized spacial score (nSPS) is 14.0. The third-order valence-corrected chi connectivity index (χ3v) is 6.17. The molecular weight excluding hydrogens is 584 g/mol. The van der Waals surface area contributed by atoms with Crippen molar-refractivity contribution in [3.8, 4) is 11.5 Å². The van der Waals surface area contributed by atoms with E-state index in [0.29, 0.717) is 33.7 Å². The minimum Gasteiger partial charge on any atom is -0.490 e. The molecule has 0 saturated heterocycles. The monoisotopic (exact) mass is 600 g/mol. The van der Waals surface area contributed by atoms with Crippen LogP contribution in [0, 0.1) is 10.1 Å². The number of halogens is 2. The molecule has 0 atom stereocenters. The lowest BCUT2D eigenvalue weighted by Gasteiger charge is -2.15. The van der Waals surface area contributed by atoms with E-state index in [9.17, 15) is 14.9 Å². The van der Waals surface area contributed by atoms with Gasteiger partial charge < -0.3 is 14.2 Å². The Morgan fingerprint density at radius 1 is 1.06 bits per heavy atom. The second-order valence-corrected chi connectivity index (χ2v) is 9.00. The van der Waals surface area contributed by atoms with Crippen molar-refractivity contribution >= 4 is 55.5 Å². The smallest absolute Gasteiger partial charge is 0.363 e. The molecule has 0 fully saturated rings. The number of cyclic esters (lactones) is 1. The number of rotatable bonds is 8. The van der Waals surface area contributed by atoms with E-state index in [1.165, 1.54) is 12.1 Å². The summed E-state index contributed by atoms with van der Waals surface area (Å²) in [6.45, 7) is 2.43. The van der Waals surface area contributed by atoms with Gasteiger partial charge in [0.15, 0.2) is 17.2 Å². The zero-order valence-corrected chi connectivity index (χ0v) is 21.5. The lowest BCUT2D eigenvalue weighted by molar-refractivity contribution is -0.384. The highest BCUT2D eigenvalue weighted by Gasteiger charge is 2.25. The fraction of sp³-hybridized carbons (Fsp3) is 0.120. The Morgan fingerprint density at radius 2 is 1.80 bits per heavy atom. The first-order chi connectivity index (χ1) is 16.9. The Hall–Kier alpha value is -3.50. The van der Waals surface area contributed by atoms with Gasteiger partial charge in [0.1, 0.15) is 6.61 Å². The highest BCUT2D eigenvalue weighted by atomic mass is 79.9. The zero-order chi connectivity index (χ0) is 24.9. The first-order valence-corrected chi connectivity index (χ1v) is 12.0. The lowest BCUT2D eigenvalue weighted by Crippen LogP contribution is -2.05. The maximum absolute atomic E-state index is 12.4. The van der Waals surface area contributed by atoms with Crippen molar-refractivity contribution in [1.82, 2.24) is 0 Å². The van der Waals surface area contributed by atoms with Crippen molar-refractivity contribution in [2.45, 2.75) is 13.5 Å². The second-order valence-electron chi connectivity index (χ2n) is 7.29. The van der Waals surface area contributed by atoms with Crippen LogP contribution < -0.4 is 9.47 Å². The molecule has 1 aliphatic rings. The molecule has 0 aromatic heterocycles. The van der Waals surface area contributed by atoms with Gasteiger partial charge in [-0.15, -0.1) is 0 Å². The highest BCUT2D eigenvalue weighted by Crippen LogP contribution is 2.38. The maximum Gasteiger partial charge on any atom is 0.363 e. The van der Waals surface area contributed by atoms with E-state index in [2.05, 4.69) is 36.9 Å². The Bertz CT molecular complexity index is 1350. The van der Waals surface area contributed by atoms with Gasteiger partial charge in [0.05, 0.1) is 21.6 Å². The standard InChI is InChI=1S/C25H18Br2N2O6/c1-2-33-22-13-16(12-21-25(30)35-24(28-21)18-5-3-4-6-19(18)26)11-20(27)23(22)34-14-15-7-9-17(10-8-15)29(31)32/h3-13H,2,14H2,1H3/b21-12-. The van der Waals surface area contributed by atoms with Gasteiger partial charge in [-0.25, -0.2) is 9.79 Å². The van der Waals surface area contributed by atoms with Gasteiger partial charge in [0.2, 0.25) is 5.90 Å². The number of carbonyl (C=O) groups excluding carboxylic acids is 1. The third kappa shape index (κ3) is 5.77. The van der Waals surface area contributed by atoms with Crippen molar-refractivity contribution < 1.29 is 23.9 Å². The number of hydrogen-bond acceptors (Lipinski definition) is 7. The predicted octanol–water partition coefficient (Wildman–Crippen LogP) is 6.44. The molecule has 0 spiro atoms. The number of nitro groups is 1. The van der Waals surface area contributed by atoms with Gasteiger partial charge in [-0.3, -0.25) is 10.1 Å². The minimum atomic E-state index is -0.552. The molecule has 3 aromatic carbocycles. The largest absolute Gasteiger partial charge is 0.490 e. The van der Waals surface area contributed by atoms with Crippen molar-refractivity contribution in [2.24, 2.45) is 4.99 Å². The number of ether oxygens (including phenoxy) is 3. The molecular formula is C25H18Br2N2O6. The summed E-state index contributed by atoms with van der Waals surface area (Å²) in [7, 11) is 0. The zero-order valence-electron chi connectivity index (χ0n) is 18.4. The number of non-ortho nitro benzene ring substituents is 1. The Balaban J connectivity index is 1.59. The summed E-state index contributed by atoms with van der Waals surface area (Å²) >= 11 is 6.95. The molecule has 178 valence electrons. The van der Waals surface area contributed by atoms with Crippen LogP contribution in [0.5, 0.6) is 11.5 Å². The Morgan fingerprint density at radius 3 is 2.49 bits per heavy atom. The Kier molecular flexibility index (Phi) is 7.62. The first kappa shape index (κ1) is 24.6. The predicted molar refractivity (Wildman–Crippen MR) is 137 cm³/mol. The van der Waals surface area contributed by atoms with Crippen LogP contribution in [0.25, 0.3) is 6.08 Å². The minimum absolute atomic E-state index is 0.0122. The number of nitrogens with zero attached hydrogens (tertiary/aromatic N) is 2. The molecule has 10 heteroatoms. The van der Waals surface area contributed by atoms with Crippen molar-refractivity contribution in [1.29, 1.82) is 0 Å². The fourth-order valence-electron chi connectivity index (χ4n) is 3.26. The van der Waals surface area contributed by atoms with E-state index in [0.717, 1.165) is 10.0 Å². The van der Waals surface area contributed by atoms with Crippen molar-refractivity contribution in [3.05, 3.63) is 102 Å². The first-order valence-electron chi connectivity index (χ1n) is 10.5. The quantitative estimate of drug-likeness (QED) is 0.127. The van der Waals surface area contributed by atoms with Crippen LogP contribution in [0.15, 0.2) is 80.3 Å². The number of nitro benzene ring substituents is 1. The van der Waals surface area contributed by atoms with Gasteiger partial charge in [0, 0.05) is 16.6 Å². The van der Waals surface area contributed by atoms with Crippen molar-refractivity contribution in [3.63, 3.8) is 0 Å². The summed E-state index contributed by atoms with van der Waals surface area (Å²) in [5.41, 5.74) is 2.27. The summed E-state index contributed by atoms with van der Waals surface area (Å²) < 4.78 is 18.5. The van der Waals surface area contributed by atoms with E-state index < -0.39 is 10.9 Å². The Labute approximate surface area is 217 Å². The average molecular weight is 602 g/mol. The molecule has 1 aliphatic heterocycles. The molecule has 8 nitrogen and oxygen atoms in total. The van der Waals surface area contributed by atoms with Crippen LogP contribution in [-0.4, -0.2) is 23.4 Å². The summed E-state index contributed by atoms with van der Waals surface area (Å²) in [5.74, 6) is 0.611. The van der Waals surface area contributed by atoms with E-state index in [4.69, 9.17) is 14.2 Å². The molecule has 0 saturated carbocycles. The molecule has 4 rings (SSSR count). The van der Waals surface area contributed by atoms with Crippen LogP contribution in [0.4, 0.5) is 5.69 Å². The summed E-state index contributed by atoms with van der Waals surface area (Å²) in [6.07, 6.45) is 1.61. The van der Waals surface area contributed by atoms with E-state index in [1.807, 2.05) is 25.1 Å². The van der Waals surface area contributed by atoms with Gasteiger partial charge in [-0.2, -0.15) is 0 Å². The van der Waals surface area contributed by atoms with Gasteiger partial charge >= 0.3 is 5.97 Å². The second kappa shape index (κ2) is 10.8. The SMILES string of the molecule is CCOc1cc(/C=C2\N=C(c3ccccc3Br)OC2=O)cc(Br)c1OCc1ccc([N+](=O)[O-])cc1. The van der Waals surface area contributed by atoms with Crippen LogP contribution in [0.2, 0.25) is 0 Å². The molecule has 0 N–H and O–H groups in total. The molecule has 35 heavy (non-hydrogen) atoms. The molecule has 0 radical (unpaired) electrons. The molecule has 3 aromatic rings. The summed E-state index contributed by atoms with van der Waals surface area (Å²) in [6, 6.07) is 17.0. The van der Waals surface area contributed by atoms with Crippen molar-refractivity contribution in [2.75, 3.05) is 6.61 Å². The summed E-state index contributed by atoms with van der Waals surface area (Å²) in [5, 5.41) is 10.8. The third-order valence-electron chi connectivity index (χ3n) is 4.89. The van der Waals surface area contributed by atoms with Gasteiger partial charge in [-0.1, -0.05) is 12.1 Å². The lowest BCUT2D eigenvalue weighted by atomic mass is 10.1. The number of carbonyl (C=O) groups is 1. The molecule has 1 heterocycles. The van der Waals surface area contributed by atoms with E-state index in [1.54, 1.807) is 36.4 Å². The van der Waals surface area contributed by atoms with E-state index >= 15 is 0 Å². The highest BCUT2D eigenvalue weighted by molar-refractivity contribution is 9.10. The number of benzene rings is 3. The van der Waals surface area contributed by atoms with Crippen LogP contribution >= 0.6 is 31.9 Å². The van der Waals surface area contributed by atoms with Gasteiger partial charge in [0.25, 0.3) is 5.69 Å².